The SMILES string of the molecule is CC1CC1c1cc(N)c(C2CC2C)cc1N. The number of hydrogen-bond acceptors (Lipinski definition) is 2. The molecular formula is C14H20N2. The summed E-state index contributed by atoms with van der Waals surface area (Å²) in [7, 11) is 0. The summed E-state index contributed by atoms with van der Waals surface area (Å²) in [6, 6.07) is 4.26. The topological polar surface area (TPSA) is 52.0 Å². The molecule has 4 N–H and O–H groups in total. The molecule has 0 heterocycles. The monoisotopic (exact) mass is 216 g/mol. The van der Waals surface area contributed by atoms with Crippen molar-refractivity contribution in [1.82, 2.24) is 0 Å². The molecule has 2 saturated carbocycles. The van der Waals surface area contributed by atoms with Crippen molar-refractivity contribution in [3.63, 3.8) is 0 Å². The number of nitrogen functional groups attached to an aromatic ring is 2. The molecule has 2 aliphatic carbocycles. The average Bonchev–Trinajstić information content (AvgIpc) is 3.10. The molecule has 2 heteroatoms. The molecule has 0 aliphatic heterocycles. The first kappa shape index (κ1) is 10.0. The van der Waals surface area contributed by atoms with Gasteiger partial charge in [-0.1, -0.05) is 13.8 Å². The first-order chi connectivity index (χ1) is 7.58. The fraction of sp³-hybridized carbons (Fsp3) is 0.571. The third-order valence-corrected chi connectivity index (χ3v) is 4.31. The summed E-state index contributed by atoms with van der Waals surface area (Å²) in [6.07, 6.45) is 2.53. The van der Waals surface area contributed by atoms with E-state index in [1.54, 1.807) is 0 Å². The standard InChI is InChI=1S/C14H20N2/c1-7-3-9(7)11-5-14(16)12(6-13(11)15)10-4-8(10)2/h5-10H,3-4,15-16H2,1-2H3. The first-order valence-electron chi connectivity index (χ1n) is 6.26. The van der Waals surface area contributed by atoms with Crippen molar-refractivity contribution in [1.29, 1.82) is 0 Å². The molecular weight excluding hydrogens is 196 g/mol. The van der Waals surface area contributed by atoms with E-state index in [4.69, 9.17) is 11.5 Å². The zero-order valence-electron chi connectivity index (χ0n) is 10.0. The molecule has 4 atom stereocenters. The number of anilines is 2. The lowest BCUT2D eigenvalue weighted by atomic mass is 9.99. The Morgan fingerprint density at radius 1 is 0.875 bits per heavy atom. The van der Waals surface area contributed by atoms with Gasteiger partial charge in [-0.3, -0.25) is 0 Å². The van der Waals surface area contributed by atoms with Gasteiger partial charge < -0.3 is 11.5 Å². The van der Waals surface area contributed by atoms with E-state index in [2.05, 4.69) is 26.0 Å². The van der Waals surface area contributed by atoms with Gasteiger partial charge in [-0.15, -0.1) is 0 Å². The van der Waals surface area contributed by atoms with Gasteiger partial charge in [-0.2, -0.15) is 0 Å². The van der Waals surface area contributed by atoms with Crippen LogP contribution in [-0.4, -0.2) is 0 Å². The van der Waals surface area contributed by atoms with E-state index in [1.165, 1.54) is 24.0 Å². The van der Waals surface area contributed by atoms with Crippen LogP contribution >= 0.6 is 0 Å². The molecule has 16 heavy (non-hydrogen) atoms. The van der Waals surface area contributed by atoms with Gasteiger partial charge in [0.25, 0.3) is 0 Å². The Morgan fingerprint density at radius 3 is 1.44 bits per heavy atom. The maximum Gasteiger partial charge on any atom is 0.0353 e. The van der Waals surface area contributed by atoms with Crippen molar-refractivity contribution < 1.29 is 0 Å². The van der Waals surface area contributed by atoms with E-state index in [9.17, 15) is 0 Å². The van der Waals surface area contributed by atoms with Crippen LogP contribution in [0.3, 0.4) is 0 Å². The Morgan fingerprint density at radius 2 is 1.19 bits per heavy atom. The van der Waals surface area contributed by atoms with Gasteiger partial charge in [-0.05, 0) is 59.8 Å². The van der Waals surface area contributed by atoms with E-state index >= 15 is 0 Å². The zero-order chi connectivity index (χ0) is 11.4. The van der Waals surface area contributed by atoms with Crippen LogP contribution < -0.4 is 11.5 Å². The minimum atomic E-state index is 0.660. The van der Waals surface area contributed by atoms with Crippen molar-refractivity contribution in [3.05, 3.63) is 23.3 Å². The van der Waals surface area contributed by atoms with Crippen LogP contribution in [0, 0.1) is 11.8 Å². The van der Waals surface area contributed by atoms with Crippen LogP contribution in [0.25, 0.3) is 0 Å². The molecule has 0 bridgehead atoms. The van der Waals surface area contributed by atoms with Crippen molar-refractivity contribution in [2.75, 3.05) is 11.5 Å². The highest BCUT2D eigenvalue weighted by Gasteiger charge is 2.38. The Labute approximate surface area is 97.0 Å². The van der Waals surface area contributed by atoms with Crippen LogP contribution in [0.1, 0.15) is 49.7 Å². The molecule has 1 aromatic rings. The Kier molecular flexibility index (Phi) is 1.97. The van der Waals surface area contributed by atoms with E-state index in [1.807, 2.05) is 0 Å². The van der Waals surface area contributed by atoms with Gasteiger partial charge in [0.2, 0.25) is 0 Å². The van der Waals surface area contributed by atoms with Crippen LogP contribution in [0.5, 0.6) is 0 Å². The highest BCUT2D eigenvalue weighted by molar-refractivity contribution is 5.64. The normalized spacial score (nSPS) is 36.1. The van der Waals surface area contributed by atoms with E-state index in [0.29, 0.717) is 11.8 Å². The molecule has 0 amide bonds. The molecule has 2 fully saturated rings. The zero-order valence-corrected chi connectivity index (χ0v) is 10.0. The van der Waals surface area contributed by atoms with Crippen LogP contribution in [0.4, 0.5) is 11.4 Å². The molecule has 0 radical (unpaired) electrons. The molecule has 86 valence electrons. The number of hydrogen-bond donors (Lipinski definition) is 2. The fourth-order valence-corrected chi connectivity index (χ4v) is 2.82. The summed E-state index contributed by atoms with van der Waals surface area (Å²) in [5, 5.41) is 0. The molecule has 3 rings (SSSR count). The van der Waals surface area contributed by atoms with Gasteiger partial charge in [-0.25, -0.2) is 0 Å². The summed E-state index contributed by atoms with van der Waals surface area (Å²) < 4.78 is 0. The van der Waals surface area contributed by atoms with E-state index in [0.717, 1.165) is 23.2 Å². The quantitative estimate of drug-likeness (QED) is 0.746. The predicted molar refractivity (Wildman–Crippen MR) is 68.3 cm³/mol. The highest BCUT2D eigenvalue weighted by Crippen LogP contribution is 2.53. The van der Waals surface area contributed by atoms with Gasteiger partial charge in [0.15, 0.2) is 0 Å². The molecule has 2 aliphatic rings. The predicted octanol–water partition coefficient (Wildman–Crippen LogP) is 3.10. The lowest BCUT2D eigenvalue weighted by Gasteiger charge is -2.11. The van der Waals surface area contributed by atoms with Gasteiger partial charge in [0.05, 0.1) is 0 Å². The smallest absolute Gasteiger partial charge is 0.0353 e. The minimum Gasteiger partial charge on any atom is -0.398 e. The Bertz CT molecular complexity index is 397. The van der Waals surface area contributed by atoms with Gasteiger partial charge >= 0.3 is 0 Å². The van der Waals surface area contributed by atoms with Gasteiger partial charge in [0, 0.05) is 11.4 Å². The largest absolute Gasteiger partial charge is 0.398 e. The van der Waals surface area contributed by atoms with Crippen molar-refractivity contribution in [2.24, 2.45) is 11.8 Å². The first-order valence-corrected chi connectivity index (χ1v) is 6.26. The van der Waals surface area contributed by atoms with Crippen LogP contribution in [0.15, 0.2) is 12.1 Å². The van der Waals surface area contributed by atoms with Crippen molar-refractivity contribution in [2.45, 2.75) is 38.5 Å². The third kappa shape index (κ3) is 1.48. The second kappa shape index (κ2) is 3.16. The van der Waals surface area contributed by atoms with Crippen LogP contribution in [-0.2, 0) is 0 Å². The molecule has 2 nitrogen and oxygen atoms in total. The molecule has 0 saturated heterocycles. The molecule has 0 aromatic heterocycles. The maximum atomic E-state index is 6.15. The minimum absolute atomic E-state index is 0.660. The Balaban J connectivity index is 1.95. The number of rotatable bonds is 2. The number of benzene rings is 1. The number of nitrogens with two attached hydrogens (primary N) is 2. The second-order valence-corrected chi connectivity index (χ2v) is 5.75. The van der Waals surface area contributed by atoms with Gasteiger partial charge in [0.1, 0.15) is 0 Å². The average molecular weight is 216 g/mol. The van der Waals surface area contributed by atoms with E-state index < -0.39 is 0 Å². The third-order valence-electron chi connectivity index (χ3n) is 4.31. The molecule has 0 spiro atoms. The lowest BCUT2D eigenvalue weighted by Crippen LogP contribution is -2.00. The van der Waals surface area contributed by atoms with Crippen LogP contribution in [0.2, 0.25) is 0 Å². The lowest BCUT2D eigenvalue weighted by molar-refractivity contribution is 0.905. The summed E-state index contributed by atoms with van der Waals surface area (Å²) in [4.78, 5) is 0. The molecule has 4 unspecified atom stereocenters. The van der Waals surface area contributed by atoms with Crippen molar-refractivity contribution >= 4 is 11.4 Å². The maximum absolute atomic E-state index is 6.15. The second-order valence-electron chi connectivity index (χ2n) is 5.75. The van der Waals surface area contributed by atoms with E-state index in [-0.39, 0.29) is 0 Å². The Hall–Kier alpha value is -1.18. The fourth-order valence-electron chi connectivity index (χ4n) is 2.82. The van der Waals surface area contributed by atoms with Crippen molar-refractivity contribution in [3.8, 4) is 0 Å². The summed E-state index contributed by atoms with van der Waals surface area (Å²) in [6.45, 7) is 4.55. The summed E-state index contributed by atoms with van der Waals surface area (Å²) in [5.41, 5.74) is 16.8. The summed E-state index contributed by atoms with van der Waals surface area (Å²) >= 11 is 0. The summed E-state index contributed by atoms with van der Waals surface area (Å²) in [5.74, 6) is 2.89. The highest BCUT2D eigenvalue weighted by atomic mass is 14.6. The molecule has 1 aromatic carbocycles.